The van der Waals surface area contributed by atoms with Crippen molar-refractivity contribution >= 4 is 28.4 Å². The third kappa shape index (κ3) is 5.01. The second kappa shape index (κ2) is 8.33. The highest BCUT2D eigenvalue weighted by atomic mass is 35.5. The van der Waals surface area contributed by atoms with Crippen molar-refractivity contribution in [2.24, 2.45) is 5.92 Å². The van der Waals surface area contributed by atoms with Gasteiger partial charge in [-0.1, -0.05) is 11.6 Å². The van der Waals surface area contributed by atoms with Crippen LogP contribution in [0.1, 0.15) is 26.7 Å². The molecule has 1 saturated carbocycles. The molecule has 2 aromatic carbocycles. The summed E-state index contributed by atoms with van der Waals surface area (Å²) < 4.78 is 13.3. The van der Waals surface area contributed by atoms with Gasteiger partial charge >= 0.3 is 0 Å². The summed E-state index contributed by atoms with van der Waals surface area (Å²) in [5, 5.41) is 8.98. The van der Waals surface area contributed by atoms with E-state index in [-0.39, 0.29) is 11.9 Å². The fourth-order valence-electron chi connectivity index (χ4n) is 3.08. The van der Waals surface area contributed by atoms with Gasteiger partial charge in [-0.25, -0.2) is 4.68 Å². The first-order valence-electron chi connectivity index (χ1n) is 9.80. The fraction of sp³-hybridized carbons (Fsp3) is 0.364. The van der Waals surface area contributed by atoms with E-state index >= 15 is 0 Å². The average Bonchev–Trinajstić information content (AvgIpc) is 3.41. The van der Waals surface area contributed by atoms with Gasteiger partial charge < -0.3 is 14.8 Å². The monoisotopic (exact) mass is 413 g/mol. The molecule has 3 aromatic rings. The van der Waals surface area contributed by atoms with Gasteiger partial charge in [-0.2, -0.15) is 5.10 Å². The molecule has 4 rings (SSSR count). The number of aromatic nitrogens is 2. The van der Waals surface area contributed by atoms with Gasteiger partial charge in [0.05, 0.1) is 28.9 Å². The summed E-state index contributed by atoms with van der Waals surface area (Å²) in [6.07, 6.45) is 4.48. The number of fused-ring (bicyclic) bond motifs is 1. The zero-order chi connectivity index (χ0) is 20.4. The van der Waals surface area contributed by atoms with Crippen LogP contribution in [0.4, 0.5) is 0 Å². The normalized spacial score (nSPS) is 14.6. The minimum absolute atomic E-state index is 0.0821. The summed E-state index contributed by atoms with van der Waals surface area (Å²) in [6.45, 7) is 4.51. The lowest BCUT2D eigenvalue weighted by molar-refractivity contribution is -0.119. The maximum Gasteiger partial charge on any atom is 0.217 e. The number of carbonyl (C=O) groups is 1. The first kappa shape index (κ1) is 19.6. The van der Waals surface area contributed by atoms with Gasteiger partial charge in [0.15, 0.2) is 0 Å². The topological polar surface area (TPSA) is 65.4 Å². The molecule has 0 radical (unpaired) electrons. The van der Waals surface area contributed by atoms with Crippen LogP contribution in [-0.2, 0) is 4.79 Å². The smallest absolute Gasteiger partial charge is 0.217 e. The van der Waals surface area contributed by atoms with Crippen molar-refractivity contribution in [3.63, 3.8) is 0 Å². The Balaban J connectivity index is 1.47. The standard InChI is InChI=1S/C22H24ClN3O3/c1-14(24-15(2)27)12-28-18-7-8-22(20(23)9-18)26-11-17-5-6-19(10-21(17)25-26)29-13-16-3-4-16/h5-11,14,16H,3-4,12-13H2,1-2H3,(H,24,27)/t14-/m0/s1. The summed E-state index contributed by atoms with van der Waals surface area (Å²) in [5.41, 5.74) is 1.63. The van der Waals surface area contributed by atoms with Crippen LogP contribution < -0.4 is 14.8 Å². The van der Waals surface area contributed by atoms with E-state index in [9.17, 15) is 4.79 Å². The highest BCUT2D eigenvalue weighted by Gasteiger charge is 2.22. The molecule has 7 heteroatoms. The van der Waals surface area contributed by atoms with Gasteiger partial charge in [-0.3, -0.25) is 4.79 Å². The molecule has 152 valence electrons. The van der Waals surface area contributed by atoms with Crippen LogP contribution in [0.5, 0.6) is 11.5 Å². The zero-order valence-electron chi connectivity index (χ0n) is 16.5. The second-order valence-corrected chi connectivity index (χ2v) is 7.98. The number of hydrogen-bond donors (Lipinski definition) is 1. The minimum atomic E-state index is -0.0845. The van der Waals surface area contributed by atoms with Crippen LogP contribution in [0.2, 0.25) is 5.02 Å². The van der Waals surface area contributed by atoms with E-state index in [2.05, 4.69) is 10.4 Å². The molecular formula is C22H24ClN3O3. The molecule has 6 nitrogen and oxygen atoms in total. The van der Waals surface area contributed by atoms with Crippen molar-refractivity contribution in [1.29, 1.82) is 0 Å². The van der Waals surface area contributed by atoms with Gasteiger partial charge in [-0.15, -0.1) is 0 Å². The maximum absolute atomic E-state index is 11.1. The van der Waals surface area contributed by atoms with Gasteiger partial charge in [0.25, 0.3) is 0 Å². The molecule has 0 saturated heterocycles. The molecule has 1 aliphatic carbocycles. The van der Waals surface area contributed by atoms with E-state index in [1.165, 1.54) is 19.8 Å². The van der Waals surface area contributed by atoms with Crippen LogP contribution in [0, 0.1) is 5.92 Å². The highest BCUT2D eigenvalue weighted by molar-refractivity contribution is 6.32. The molecule has 1 aliphatic rings. The number of nitrogens with one attached hydrogen (secondary N) is 1. The van der Waals surface area contributed by atoms with Crippen LogP contribution in [-0.4, -0.2) is 34.9 Å². The lowest BCUT2D eigenvalue weighted by atomic mass is 10.2. The number of hydrogen-bond acceptors (Lipinski definition) is 4. The quantitative estimate of drug-likeness (QED) is 0.595. The van der Waals surface area contributed by atoms with E-state index in [4.69, 9.17) is 21.1 Å². The Bertz CT molecular complexity index is 1030. The van der Waals surface area contributed by atoms with Gasteiger partial charge in [0.2, 0.25) is 5.91 Å². The molecule has 0 aliphatic heterocycles. The number of ether oxygens (including phenoxy) is 2. The van der Waals surface area contributed by atoms with Crippen molar-refractivity contribution < 1.29 is 14.3 Å². The maximum atomic E-state index is 11.1. The third-order valence-corrected chi connectivity index (χ3v) is 5.08. The summed E-state index contributed by atoms with van der Waals surface area (Å²) in [4.78, 5) is 11.1. The summed E-state index contributed by atoms with van der Waals surface area (Å²) >= 11 is 6.48. The summed E-state index contributed by atoms with van der Waals surface area (Å²) in [5.74, 6) is 2.12. The SMILES string of the molecule is CC(=O)N[C@@H](C)COc1ccc(-n2cc3ccc(OCC4CC4)cc3n2)c(Cl)c1. The van der Waals surface area contributed by atoms with E-state index < -0.39 is 0 Å². The fourth-order valence-corrected chi connectivity index (χ4v) is 3.34. The molecule has 0 bridgehead atoms. The number of carbonyl (C=O) groups excluding carboxylic acids is 1. The van der Waals surface area contributed by atoms with Crippen LogP contribution in [0.3, 0.4) is 0 Å². The summed E-state index contributed by atoms with van der Waals surface area (Å²) in [7, 11) is 0. The summed E-state index contributed by atoms with van der Waals surface area (Å²) in [6, 6.07) is 11.3. The Morgan fingerprint density at radius 3 is 2.72 bits per heavy atom. The number of halogens is 1. The van der Waals surface area contributed by atoms with Gasteiger partial charge in [0.1, 0.15) is 18.1 Å². The van der Waals surface area contributed by atoms with E-state index in [0.717, 1.165) is 28.9 Å². The van der Waals surface area contributed by atoms with E-state index in [0.29, 0.717) is 23.3 Å². The van der Waals surface area contributed by atoms with Crippen molar-refractivity contribution in [3.05, 3.63) is 47.6 Å². The predicted octanol–water partition coefficient (Wildman–Crippen LogP) is 4.37. The molecule has 1 N–H and O–H groups in total. The lowest BCUT2D eigenvalue weighted by Crippen LogP contribution is -2.35. The Labute approximate surface area is 174 Å². The number of amides is 1. The largest absolute Gasteiger partial charge is 0.493 e. The lowest BCUT2D eigenvalue weighted by Gasteiger charge is -2.14. The Morgan fingerprint density at radius 2 is 2.00 bits per heavy atom. The van der Waals surface area contributed by atoms with E-state index in [1.54, 1.807) is 10.7 Å². The van der Waals surface area contributed by atoms with Crippen LogP contribution in [0.25, 0.3) is 16.6 Å². The Hall–Kier alpha value is -2.73. The molecule has 1 amide bonds. The van der Waals surface area contributed by atoms with Crippen molar-refractivity contribution in [1.82, 2.24) is 15.1 Å². The van der Waals surface area contributed by atoms with Crippen molar-refractivity contribution in [2.75, 3.05) is 13.2 Å². The molecule has 1 atom stereocenters. The molecular weight excluding hydrogens is 390 g/mol. The highest BCUT2D eigenvalue weighted by Crippen LogP contribution is 2.31. The molecule has 1 fully saturated rings. The van der Waals surface area contributed by atoms with Gasteiger partial charge in [0, 0.05) is 30.6 Å². The zero-order valence-corrected chi connectivity index (χ0v) is 17.3. The molecule has 29 heavy (non-hydrogen) atoms. The third-order valence-electron chi connectivity index (χ3n) is 4.78. The first-order valence-corrected chi connectivity index (χ1v) is 10.2. The average molecular weight is 414 g/mol. The molecule has 0 unspecified atom stereocenters. The van der Waals surface area contributed by atoms with E-state index in [1.807, 2.05) is 43.5 Å². The molecule has 1 aromatic heterocycles. The first-order chi connectivity index (χ1) is 14.0. The number of rotatable bonds is 8. The Kier molecular flexibility index (Phi) is 5.62. The van der Waals surface area contributed by atoms with Crippen molar-refractivity contribution in [2.45, 2.75) is 32.7 Å². The van der Waals surface area contributed by atoms with Crippen LogP contribution >= 0.6 is 11.6 Å². The molecule has 1 heterocycles. The Morgan fingerprint density at radius 1 is 1.24 bits per heavy atom. The predicted molar refractivity (Wildman–Crippen MR) is 113 cm³/mol. The van der Waals surface area contributed by atoms with Gasteiger partial charge in [-0.05, 0) is 49.9 Å². The minimum Gasteiger partial charge on any atom is -0.493 e. The second-order valence-electron chi connectivity index (χ2n) is 7.57. The number of benzene rings is 2. The van der Waals surface area contributed by atoms with Crippen molar-refractivity contribution in [3.8, 4) is 17.2 Å². The number of nitrogens with zero attached hydrogens (tertiary/aromatic N) is 2. The van der Waals surface area contributed by atoms with Crippen LogP contribution in [0.15, 0.2) is 42.6 Å². The molecule has 0 spiro atoms.